The molecule has 2 amide bonds. The van der Waals surface area contributed by atoms with Crippen molar-refractivity contribution in [2.24, 2.45) is 0 Å². The standard InChI is InChI=1S/C24H30N4O4/c1-16-9-7-8-10-17(16)13-28-21(29)20-19(22(30)32-3)25-15-27(20)14-24(28,2)23(31)26-18-11-5-4-6-12-18/h7-10,15,18H,4-6,11-14H2,1-3H3,(H,26,31)/t24-/m0/s1. The number of hydrogen-bond donors (Lipinski definition) is 1. The highest BCUT2D eigenvalue weighted by atomic mass is 16.5. The predicted molar refractivity (Wildman–Crippen MR) is 118 cm³/mol. The summed E-state index contributed by atoms with van der Waals surface area (Å²) >= 11 is 0. The van der Waals surface area contributed by atoms with Gasteiger partial charge in [-0.15, -0.1) is 0 Å². The Labute approximate surface area is 187 Å². The fourth-order valence-corrected chi connectivity index (χ4v) is 4.73. The van der Waals surface area contributed by atoms with Crippen molar-refractivity contribution in [2.75, 3.05) is 7.11 Å². The van der Waals surface area contributed by atoms with Gasteiger partial charge in [-0.2, -0.15) is 0 Å². The molecule has 8 heteroatoms. The largest absolute Gasteiger partial charge is 0.464 e. The fraction of sp³-hybridized carbons (Fsp3) is 0.500. The van der Waals surface area contributed by atoms with Gasteiger partial charge in [-0.25, -0.2) is 9.78 Å². The molecule has 8 nitrogen and oxygen atoms in total. The molecule has 1 aromatic heterocycles. The highest BCUT2D eigenvalue weighted by Gasteiger charge is 2.49. The van der Waals surface area contributed by atoms with Gasteiger partial charge in [0.15, 0.2) is 5.69 Å². The Morgan fingerprint density at radius 1 is 1.22 bits per heavy atom. The van der Waals surface area contributed by atoms with Crippen LogP contribution in [0.1, 0.15) is 71.1 Å². The van der Waals surface area contributed by atoms with Crippen molar-refractivity contribution in [3.63, 3.8) is 0 Å². The van der Waals surface area contributed by atoms with Gasteiger partial charge < -0.3 is 19.5 Å². The van der Waals surface area contributed by atoms with Crippen molar-refractivity contribution in [1.29, 1.82) is 0 Å². The lowest BCUT2D eigenvalue weighted by molar-refractivity contribution is -0.134. The van der Waals surface area contributed by atoms with Crippen LogP contribution in [-0.4, -0.2) is 50.9 Å². The summed E-state index contributed by atoms with van der Waals surface area (Å²) < 4.78 is 6.42. The van der Waals surface area contributed by atoms with E-state index in [4.69, 9.17) is 4.74 Å². The smallest absolute Gasteiger partial charge is 0.359 e. The van der Waals surface area contributed by atoms with Crippen LogP contribution in [0.4, 0.5) is 0 Å². The number of nitrogens with one attached hydrogen (secondary N) is 1. The first-order valence-electron chi connectivity index (χ1n) is 11.2. The number of fused-ring (bicyclic) bond motifs is 1. The Balaban J connectivity index is 1.73. The molecule has 1 aliphatic carbocycles. The summed E-state index contributed by atoms with van der Waals surface area (Å²) in [5.74, 6) is -1.25. The zero-order valence-corrected chi connectivity index (χ0v) is 18.9. The molecular weight excluding hydrogens is 408 g/mol. The van der Waals surface area contributed by atoms with E-state index in [0.717, 1.165) is 36.8 Å². The lowest BCUT2D eigenvalue weighted by Gasteiger charge is -2.44. The van der Waals surface area contributed by atoms with Crippen molar-refractivity contribution in [3.8, 4) is 0 Å². The summed E-state index contributed by atoms with van der Waals surface area (Å²) in [6.45, 7) is 4.24. The molecule has 1 N–H and O–H groups in total. The summed E-state index contributed by atoms with van der Waals surface area (Å²) in [4.78, 5) is 45.2. The van der Waals surface area contributed by atoms with Gasteiger partial charge in [-0.3, -0.25) is 9.59 Å². The van der Waals surface area contributed by atoms with Gasteiger partial charge in [0.1, 0.15) is 11.2 Å². The second kappa shape index (κ2) is 8.76. The van der Waals surface area contributed by atoms with Crippen LogP contribution in [0.5, 0.6) is 0 Å². The average molecular weight is 439 g/mol. The molecule has 32 heavy (non-hydrogen) atoms. The second-order valence-electron chi connectivity index (χ2n) is 8.96. The van der Waals surface area contributed by atoms with Gasteiger partial charge in [0, 0.05) is 12.6 Å². The number of amides is 2. The zero-order chi connectivity index (χ0) is 22.9. The molecule has 1 fully saturated rings. The average Bonchev–Trinajstić information content (AvgIpc) is 3.21. The van der Waals surface area contributed by atoms with Crippen molar-refractivity contribution in [3.05, 3.63) is 53.1 Å². The zero-order valence-electron chi connectivity index (χ0n) is 18.9. The number of benzene rings is 1. The summed E-state index contributed by atoms with van der Waals surface area (Å²) in [6.07, 6.45) is 6.74. The fourth-order valence-electron chi connectivity index (χ4n) is 4.73. The summed E-state index contributed by atoms with van der Waals surface area (Å²) in [5, 5.41) is 3.19. The predicted octanol–water partition coefficient (Wildman–Crippen LogP) is 2.84. The molecule has 1 saturated carbocycles. The highest BCUT2D eigenvalue weighted by molar-refractivity contribution is 6.06. The van der Waals surface area contributed by atoms with Crippen LogP contribution in [0.2, 0.25) is 0 Å². The number of aryl methyl sites for hydroxylation is 1. The van der Waals surface area contributed by atoms with E-state index in [0.29, 0.717) is 0 Å². The lowest BCUT2D eigenvalue weighted by atomic mass is 9.90. The molecule has 4 rings (SSSR count). The molecule has 2 aliphatic rings. The van der Waals surface area contributed by atoms with E-state index in [1.54, 1.807) is 16.4 Å². The molecule has 2 heterocycles. The summed E-state index contributed by atoms with van der Waals surface area (Å²) in [7, 11) is 1.26. The first-order chi connectivity index (χ1) is 15.3. The number of imidazole rings is 1. The van der Waals surface area contributed by atoms with Gasteiger partial charge in [0.2, 0.25) is 5.91 Å². The number of ether oxygens (including phenoxy) is 1. The van der Waals surface area contributed by atoms with Crippen LogP contribution >= 0.6 is 0 Å². The van der Waals surface area contributed by atoms with Crippen LogP contribution in [0, 0.1) is 6.92 Å². The molecule has 2 aromatic rings. The first-order valence-corrected chi connectivity index (χ1v) is 11.2. The number of aromatic nitrogens is 2. The van der Waals surface area contributed by atoms with Crippen molar-refractivity contribution in [2.45, 2.75) is 70.6 Å². The number of methoxy groups -OCH3 is 1. The van der Waals surface area contributed by atoms with Gasteiger partial charge in [-0.1, -0.05) is 43.5 Å². The van der Waals surface area contributed by atoms with Gasteiger partial charge >= 0.3 is 5.97 Å². The molecule has 0 spiro atoms. The van der Waals surface area contributed by atoms with E-state index in [1.807, 2.05) is 31.2 Å². The summed E-state index contributed by atoms with van der Waals surface area (Å²) in [5.41, 5.74) is 0.987. The number of rotatable bonds is 5. The molecule has 0 saturated heterocycles. The monoisotopic (exact) mass is 438 g/mol. The normalized spacial score (nSPS) is 21.2. The van der Waals surface area contributed by atoms with Crippen LogP contribution in [0.15, 0.2) is 30.6 Å². The Kier molecular flexibility index (Phi) is 6.04. The molecule has 0 unspecified atom stereocenters. The highest BCUT2D eigenvalue weighted by Crippen LogP contribution is 2.32. The quantitative estimate of drug-likeness (QED) is 0.725. The maximum atomic E-state index is 13.7. The second-order valence-corrected chi connectivity index (χ2v) is 8.96. The van der Waals surface area contributed by atoms with Gasteiger partial charge in [-0.05, 0) is 37.8 Å². The van der Waals surface area contributed by atoms with E-state index < -0.39 is 17.4 Å². The third-order valence-electron chi connectivity index (χ3n) is 6.76. The Bertz CT molecular complexity index is 1040. The number of carbonyl (C=O) groups is 3. The van der Waals surface area contributed by atoms with E-state index in [-0.39, 0.29) is 36.4 Å². The number of hydrogen-bond acceptors (Lipinski definition) is 5. The minimum Gasteiger partial charge on any atom is -0.464 e. The van der Waals surface area contributed by atoms with E-state index in [9.17, 15) is 14.4 Å². The van der Waals surface area contributed by atoms with Gasteiger partial charge in [0.25, 0.3) is 5.91 Å². The SMILES string of the molecule is COC(=O)c1ncn2c1C(=O)N(Cc1ccccc1C)[C@](C)(C(=O)NC1CCCCC1)C2. The molecular formula is C24H30N4O4. The minimum absolute atomic E-state index is 0.0259. The van der Waals surface area contributed by atoms with E-state index >= 15 is 0 Å². The van der Waals surface area contributed by atoms with Crippen LogP contribution in [-0.2, 0) is 22.6 Å². The van der Waals surface area contributed by atoms with Crippen molar-refractivity contribution < 1.29 is 19.1 Å². The molecule has 0 radical (unpaired) electrons. The molecule has 0 bridgehead atoms. The Morgan fingerprint density at radius 2 is 1.94 bits per heavy atom. The molecule has 1 aromatic carbocycles. The third kappa shape index (κ3) is 3.89. The molecule has 1 atom stereocenters. The van der Waals surface area contributed by atoms with Crippen LogP contribution in [0.3, 0.4) is 0 Å². The topological polar surface area (TPSA) is 93.5 Å². The van der Waals surface area contributed by atoms with E-state index in [1.165, 1.54) is 19.9 Å². The molecule has 1 aliphatic heterocycles. The number of carbonyl (C=O) groups excluding carboxylic acids is 3. The molecule has 170 valence electrons. The maximum absolute atomic E-state index is 13.7. The van der Waals surface area contributed by atoms with Gasteiger partial charge in [0.05, 0.1) is 20.0 Å². The Morgan fingerprint density at radius 3 is 2.62 bits per heavy atom. The van der Waals surface area contributed by atoms with Crippen LogP contribution < -0.4 is 5.32 Å². The van der Waals surface area contributed by atoms with Crippen LogP contribution in [0.25, 0.3) is 0 Å². The third-order valence-corrected chi connectivity index (χ3v) is 6.76. The summed E-state index contributed by atoms with van der Waals surface area (Å²) in [6, 6.07) is 7.91. The first kappa shape index (κ1) is 22.0. The van der Waals surface area contributed by atoms with Crippen molar-refractivity contribution in [1.82, 2.24) is 19.8 Å². The minimum atomic E-state index is -1.13. The number of esters is 1. The van der Waals surface area contributed by atoms with Crippen molar-refractivity contribution >= 4 is 17.8 Å². The number of nitrogens with zero attached hydrogens (tertiary/aromatic N) is 3. The van der Waals surface area contributed by atoms with E-state index in [2.05, 4.69) is 10.3 Å². The Hall–Kier alpha value is -3.16. The lowest BCUT2D eigenvalue weighted by Crippen LogP contribution is -2.64. The maximum Gasteiger partial charge on any atom is 0.359 e.